The molecule has 0 spiro atoms. The van der Waals surface area contributed by atoms with Crippen molar-refractivity contribution in [3.05, 3.63) is 35.9 Å². The summed E-state index contributed by atoms with van der Waals surface area (Å²) >= 11 is 0. The van der Waals surface area contributed by atoms with Crippen LogP contribution >= 0.6 is 0 Å². The minimum absolute atomic E-state index is 0.0186. The molecular formula is C29H47NO4. The molecule has 0 unspecified atom stereocenters. The molecule has 2 aliphatic rings. The van der Waals surface area contributed by atoms with E-state index in [1.54, 1.807) is 19.0 Å². The van der Waals surface area contributed by atoms with Crippen LogP contribution in [-0.2, 0) is 25.6 Å². The third-order valence-electron chi connectivity index (χ3n) is 7.33. The Morgan fingerprint density at radius 3 is 2.24 bits per heavy atom. The maximum absolute atomic E-state index is 12.3. The van der Waals surface area contributed by atoms with Crippen LogP contribution in [-0.4, -0.2) is 55.4 Å². The van der Waals surface area contributed by atoms with E-state index in [9.17, 15) is 4.79 Å². The summed E-state index contributed by atoms with van der Waals surface area (Å²) in [5, 5.41) is 0. The highest BCUT2D eigenvalue weighted by Crippen LogP contribution is 2.34. The van der Waals surface area contributed by atoms with Gasteiger partial charge in [-0.15, -0.1) is 0 Å². The maximum atomic E-state index is 12.3. The van der Waals surface area contributed by atoms with E-state index < -0.39 is 0 Å². The number of carbonyl (C=O) groups excluding carboxylic acids is 1. The van der Waals surface area contributed by atoms with Crippen LogP contribution in [0.2, 0.25) is 0 Å². The van der Waals surface area contributed by atoms with Crippen LogP contribution < -0.4 is 0 Å². The van der Waals surface area contributed by atoms with Crippen molar-refractivity contribution in [3.8, 4) is 0 Å². The average Bonchev–Trinajstić information content (AvgIpc) is 3.35. The zero-order valence-corrected chi connectivity index (χ0v) is 21.8. The zero-order chi connectivity index (χ0) is 24.2. The molecule has 34 heavy (non-hydrogen) atoms. The van der Waals surface area contributed by atoms with Gasteiger partial charge in [0.25, 0.3) is 5.91 Å². The van der Waals surface area contributed by atoms with E-state index in [-0.39, 0.29) is 36.4 Å². The minimum Gasteiger partial charge on any atom is -0.371 e. The normalized spacial score (nSPS) is 27.1. The Kier molecular flexibility index (Phi) is 11.9. The standard InChI is InChI=1S/C29H47NO4/c1-4-5-6-7-8-9-10-14-17-25-24(32-22-23-15-12-11-13-16-23)18-19-26(33-25)27-20-21-28(34-27)29(31)30(2)3/h11-13,15-16,24-28H,4-10,14,17-22H2,1-3H3/t24-,25+,26+,27+,28-/m1/s1. The van der Waals surface area contributed by atoms with Gasteiger partial charge in [-0.2, -0.15) is 0 Å². The smallest absolute Gasteiger partial charge is 0.251 e. The number of rotatable bonds is 14. The van der Waals surface area contributed by atoms with E-state index in [2.05, 4.69) is 31.2 Å². The molecule has 1 aromatic rings. The van der Waals surface area contributed by atoms with Crippen LogP contribution in [0.4, 0.5) is 0 Å². The number of benzene rings is 1. The number of likely N-dealkylation sites (N-methyl/N-ethyl adjacent to an activating group) is 1. The van der Waals surface area contributed by atoms with E-state index in [4.69, 9.17) is 14.2 Å². The molecule has 5 nitrogen and oxygen atoms in total. The largest absolute Gasteiger partial charge is 0.371 e. The summed E-state index contributed by atoms with van der Waals surface area (Å²) in [6, 6.07) is 10.4. The first-order valence-corrected chi connectivity index (χ1v) is 13.8. The van der Waals surface area contributed by atoms with Gasteiger partial charge in [0.15, 0.2) is 0 Å². The third-order valence-corrected chi connectivity index (χ3v) is 7.33. The van der Waals surface area contributed by atoms with Crippen molar-refractivity contribution in [3.63, 3.8) is 0 Å². The Bertz CT molecular complexity index is 695. The Morgan fingerprint density at radius 1 is 0.882 bits per heavy atom. The van der Waals surface area contributed by atoms with E-state index in [1.165, 1.54) is 56.9 Å². The molecule has 2 fully saturated rings. The summed E-state index contributed by atoms with van der Waals surface area (Å²) in [6.45, 7) is 2.90. The molecule has 1 aromatic carbocycles. The molecule has 0 N–H and O–H groups in total. The average molecular weight is 474 g/mol. The fourth-order valence-electron chi connectivity index (χ4n) is 5.28. The molecule has 3 rings (SSSR count). The van der Waals surface area contributed by atoms with Crippen LogP contribution in [0.25, 0.3) is 0 Å². The van der Waals surface area contributed by atoms with Gasteiger partial charge in [0.2, 0.25) is 0 Å². The Hall–Kier alpha value is -1.43. The summed E-state index contributed by atoms with van der Waals surface area (Å²) in [5.74, 6) is 0.0675. The fourth-order valence-corrected chi connectivity index (χ4v) is 5.28. The van der Waals surface area contributed by atoms with Crippen molar-refractivity contribution < 1.29 is 19.0 Å². The van der Waals surface area contributed by atoms with Crippen LogP contribution in [0.5, 0.6) is 0 Å². The SMILES string of the molecule is CCCCCCCCCC[C@@H]1O[C@H]([C@@H]2CC[C@H](C(=O)N(C)C)O2)CC[C@H]1OCc1ccccc1. The second kappa shape index (κ2) is 14.9. The molecule has 0 saturated carbocycles. The molecule has 2 heterocycles. The molecule has 0 aromatic heterocycles. The molecule has 5 heteroatoms. The third kappa shape index (κ3) is 8.66. The maximum Gasteiger partial charge on any atom is 0.251 e. The van der Waals surface area contributed by atoms with E-state index in [1.807, 2.05) is 6.07 Å². The molecule has 2 aliphatic heterocycles. The highest BCUT2D eigenvalue weighted by molar-refractivity contribution is 5.80. The summed E-state index contributed by atoms with van der Waals surface area (Å²) in [4.78, 5) is 14.0. The van der Waals surface area contributed by atoms with Gasteiger partial charge in [-0.25, -0.2) is 0 Å². The first-order chi connectivity index (χ1) is 16.6. The lowest BCUT2D eigenvalue weighted by Gasteiger charge is -2.39. The van der Waals surface area contributed by atoms with Crippen LogP contribution in [0, 0.1) is 0 Å². The lowest BCUT2D eigenvalue weighted by Crippen LogP contribution is -2.45. The Morgan fingerprint density at radius 2 is 1.53 bits per heavy atom. The van der Waals surface area contributed by atoms with Crippen molar-refractivity contribution in [2.45, 2.75) is 128 Å². The summed E-state index contributed by atoms with van der Waals surface area (Å²) in [5.41, 5.74) is 1.21. The second-order valence-corrected chi connectivity index (χ2v) is 10.4. The number of amides is 1. The molecule has 0 bridgehead atoms. The number of carbonyl (C=O) groups is 1. The first-order valence-electron chi connectivity index (χ1n) is 13.8. The van der Waals surface area contributed by atoms with Gasteiger partial charge in [-0.05, 0) is 37.7 Å². The lowest BCUT2D eigenvalue weighted by atomic mass is 9.93. The van der Waals surface area contributed by atoms with Gasteiger partial charge in [0.1, 0.15) is 6.10 Å². The molecule has 2 saturated heterocycles. The van der Waals surface area contributed by atoms with Crippen molar-refractivity contribution in [1.82, 2.24) is 4.90 Å². The van der Waals surface area contributed by atoms with Crippen molar-refractivity contribution >= 4 is 5.91 Å². The lowest BCUT2D eigenvalue weighted by molar-refractivity contribution is -0.181. The number of unbranched alkanes of at least 4 members (excludes halogenated alkanes) is 7. The van der Waals surface area contributed by atoms with Crippen molar-refractivity contribution in [2.75, 3.05) is 14.1 Å². The molecular weight excluding hydrogens is 426 g/mol. The highest BCUT2D eigenvalue weighted by atomic mass is 16.6. The van der Waals surface area contributed by atoms with Gasteiger partial charge >= 0.3 is 0 Å². The summed E-state index contributed by atoms with van der Waals surface area (Å²) in [6.07, 6.45) is 15.2. The molecule has 0 radical (unpaired) electrons. The number of nitrogens with zero attached hydrogens (tertiary/aromatic N) is 1. The minimum atomic E-state index is -0.318. The number of hydrogen-bond acceptors (Lipinski definition) is 4. The molecule has 0 aliphatic carbocycles. The van der Waals surface area contributed by atoms with Crippen LogP contribution in [0.1, 0.15) is 96.0 Å². The highest BCUT2D eigenvalue weighted by Gasteiger charge is 2.41. The zero-order valence-electron chi connectivity index (χ0n) is 21.8. The van der Waals surface area contributed by atoms with Gasteiger partial charge < -0.3 is 19.1 Å². The first kappa shape index (κ1) is 27.2. The van der Waals surface area contributed by atoms with E-state index >= 15 is 0 Å². The topological polar surface area (TPSA) is 48.0 Å². The van der Waals surface area contributed by atoms with Gasteiger partial charge in [0, 0.05) is 14.1 Å². The quantitative estimate of drug-likeness (QED) is 0.298. The van der Waals surface area contributed by atoms with Gasteiger partial charge in [0.05, 0.1) is 31.0 Å². The molecule has 5 atom stereocenters. The monoisotopic (exact) mass is 473 g/mol. The van der Waals surface area contributed by atoms with Gasteiger partial charge in [-0.3, -0.25) is 4.79 Å². The predicted octanol–water partition coefficient (Wildman–Crippen LogP) is 6.29. The summed E-state index contributed by atoms with van der Waals surface area (Å²) in [7, 11) is 3.59. The number of hydrogen-bond donors (Lipinski definition) is 0. The van der Waals surface area contributed by atoms with E-state index in [0.29, 0.717) is 6.61 Å². The molecule has 192 valence electrons. The molecule has 1 amide bonds. The summed E-state index contributed by atoms with van der Waals surface area (Å²) < 4.78 is 19.2. The Labute approximate surface area is 207 Å². The predicted molar refractivity (Wildman–Crippen MR) is 137 cm³/mol. The Balaban J connectivity index is 1.49. The van der Waals surface area contributed by atoms with Crippen molar-refractivity contribution in [1.29, 1.82) is 0 Å². The second-order valence-electron chi connectivity index (χ2n) is 10.4. The van der Waals surface area contributed by atoms with Crippen LogP contribution in [0.15, 0.2) is 30.3 Å². The number of ether oxygens (including phenoxy) is 3. The van der Waals surface area contributed by atoms with E-state index in [0.717, 1.165) is 32.1 Å². The van der Waals surface area contributed by atoms with Gasteiger partial charge in [-0.1, -0.05) is 88.6 Å². The fraction of sp³-hybridized carbons (Fsp3) is 0.759. The van der Waals surface area contributed by atoms with Crippen molar-refractivity contribution in [2.24, 2.45) is 0 Å². The van der Waals surface area contributed by atoms with Crippen LogP contribution in [0.3, 0.4) is 0 Å².